The van der Waals surface area contributed by atoms with Crippen LogP contribution in [0.25, 0.3) is 10.2 Å². The molecule has 0 spiro atoms. The first kappa shape index (κ1) is 20.4. The second kappa shape index (κ2) is 9.34. The van der Waals surface area contributed by atoms with Crippen molar-refractivity contribution in [1.82, 2.24) is 14.8 Å². The highest BCUT2D eigenvalue weighted by atomic mass is 32.1. The maximum absolute atomic E-state index is 12.9. The Morgan fingerprint density at radius 3 is 2.65 bits per heavy atom. The molecule has 2 aliphatic heterocycles. The van der Waals surface area contributed by atoms with Crippen LogP contribution in [0, 0.1) is 0 Å². The molecule has 0 unspecified atom stereocenters. The smallest absolute Gasteiger partial charge is 0.253 e. The van der Waals surface area contributed by atoms with Crippen molar-refractivity contribution in [3.05, 3.63) is 59.1 Å². The zero-order chi connectivity index (χ0) is 21.0. The molecule has 3 aromatic rings. The lowest BCUT2D eigenvalue weighted by Crippen LogP contribution is -2.48. The Bertz CT molecular complexity index is 989. The van der Waals surface area contributed by atoms with Gasteiger partial charge in [-0.05, 0) is 49.2 Å². The summed E-state index contributed by atoms with van der Waals surface area (Å²) in [6, 6.07) is 15.7. The summed E-state index contributed by atoms with van der Waals surface area (Å²) in [5.41, 5.74) is 1.78. The molecule has 1 atom stereocenters. The van der Waals surface area contributed by atoms with Crippen molar-refractivity contribution >= 4 is 27.5 Å². The van der Waals surface area contributed by atoms with Gasteiger partial charge >= 0.3 is 0 Å². The van der Waals surface area contributed by atoms with E-state index >= 15 is 0 Å². The van der Waals surface area contributed by atoms with E-state index in [4.69, 9.17) is 14.5 Å². The van der Waals surface area contributed by atoms with Gasteiger partial charge in [0.05, 0.1) is 22.9 Å². The van der Waals surface area contributed by atoms with E-state index in [1.807, 2.05) is 35.2 Å². The van der Waals surface area contributed by atoms with E-state index in [-0.39, 0.29) is 12.0 Å². The van der Waals surface area contributed by atoms with Crippen molar-refractivity contribution in [3.63, 3.8) is 0 Å². The van der Waals surface area contributed by atoms with Gasteiger partial charge in [0.25, 0.3) is 5.91 Å². The van der Waals surface area contributed by atoms with Crippen molar-refractivity contribution in [3.8, 4) is 5.75 Å². The van der Waals surface area contributed by atoms with Gasteiger partial charge in [0.2, 0.25) is 0 Å². The van der Waals surface area contributed by atoms with Crippen molar-refractivity contribution in [2.45, 2.75) is 25.5 Å². The molecular weight excluding hydrogens is 410 g/mol. The van der Waals surface area contributed by atoms with E-state index in [2.05, 4.69) is 23.1 Å². The topological polar surface area (TPSA) is 54.9 Å². The Morgan fingerprint density at radius 1 is 1.10 bits per heavy atom. The largest absolute Gasteiger partial charge is 0.491 e. The van der Waals surface area contributed by atoms with E-state index in [0.29, 0.717) is 12.2 Å². The van der Waals surface area contributed by atoms with Crippen molar-refractivity contribution in [1.29, 1.82) is 0 Å². The summed E-state index contributed by atoms with van der Waals surface area (Å²) in [6.45, 7) is 5.45. The molecule has 0 N–H and O–H groups in total. The highest BCUT2D eigenvalue weighted by molar-refractivity contribution is 7.18. The van der Waals surface area contributed by atoms with E-state index in [0.717, 1.165) is 68.4 Å². The van der Waals surface area contributed by atoms with Gasteiger partial charge in [-0.15, -0.1) is 11.3 Å². The van der Waals surface area contributed by atoms with Gasteiger partial charge < -0.3 is 14.4 Å². The van der Waals surface area contributed by atoms with Crippen LogP contribution in [0.4, 0.5) is 0 Å². The number of benzene rings is 2. The first-order valence-electron chi connectivity index (χ1n) is 11.0. The van der Waals surface area contributed by atoms with Crippen molar-refractivity contribution in [2.75, 3.05) is 39.4 Å². The van der Waals surface area contributed by atoms with Crippen molar-refractivity contribution < 1.29 is 14.3 Å². The Kier molecular flexibility index (Phi) is 6.15. The fourth-order valence-electron chi connectivity index (χ4n) is 4.13. The van der Waals surface area contributed by atoms with Gasteiger partial charge in [-0.25, -0.2) is 4.98 Å². The molecule has 2 fully saturated rings. The Balaban J connectivity index is 1.11. The molecule has 31 heavy (non-hydrogen) atoms. The Labute approximate surface area is 186 Å². The van der Waals surface area contributed by atoms with Gasteiger partial charge in [-0.3, -0.25) is 9.69 Å². The molecule has 6 nitrogen and oxygen atoms in total. The summed E-state index contributed by atoms with van der Waals surface area (Å²) in [5.74, 6) is 0.873. The van der Waals surface area contributed by atoms with Crippen LogP contribution < -0.4 is 4.74 Å². The minimum atomic E-state index is 0.0883. The lowest BCUT2D eigenvalue weighted by atomic mass is 10.1. The normalized spacial score (nSPS) is 19.7. The Hall–Kier alpha value is -2.48. The number of amides is 1. The molecular formula is C24H27N3O3S. The van der Waals surface area contributed by atoms with Crippen LogP contribution in [0.5, 0.6) is 5.75 Å². The van der Waals surface area contributed by atoms with Crippen molar-refractivity contribution in [2.24, 2.45) is 0 Å². The summed E-state index contributed by atoms with van der Waals surface area (Å²) in [5, 5.41) is 1.14. The van der Waals surface area contributed by atoms with E-state index in [9.17, 15) is 4.79 Å². The van der Waals surface area contributed by atoms with Gasteiger partial charge in [-0.2, -0.15) is 0 Å². The lowest BCUT2D eigenvalue weighted by molar-refractivity contribution is 0.0627. The number of thiazole rings is 1. The number of fused-ring (bicyclic) bond motifs is 1. The third-order valence-electron chi connectivity index (χ3n) is 5.92. The number of hydrogen-bond acceptors (Lipinski definition) is 6. The number of aromatic nitrogens is 1. The number of nitrogens with zero attached hydrogens (tertiary/aromatic N) is 3. The van der Waals surface area contributed by atoms with Gasteiger partial charge in [-0.1, -0.05) is 12.1 Å². The number of piperazine rings is 1. The summed E-state index contributed by atoms with van der Waals surface area (Å²) >= 11 is 1.76. The molecule has 162 valence electrons. The molecule has 3 heterocycles. The maximum Gasteiger partial charge on any atom is 0.253 e. The predicted octanol–water partition coefficient (Wildman–Crippen LogP) is 3.81. The SMILES string of the molecule is O=C(c1ccc(OC[C@H]2CCCO2)cc1)N1CCN(Cc2nc3ccccc3s2)CC1. The van der Waals surface area contributed by atoms with E-state index < -0.39 is 0 Å². The van der Waals surface area contributed by atoms with Gasteiger partial charge in [0.1, 0.15) is 17.4 Å². The molecule has 1 amide bonds. The van der Waals surface area contributed by atoms with Crippen LogP contribution in [0.15, 0.2) is 48.5 Å². The third-order valence-corrected chi connectivity index (χ3v) is 6.94. The highest BCUT2D eigenvalue weighted by Gasteiger charge is 2.23. The second-order valence-electron chi connectivity index (χ2n) is 8.11. The quantitative estimate of drug-likeness (QED) is 0.587. The fourth-order valence-corrected chi connectivity index (χ4v) is 5.14. The van der Waals surface area contributed by atoms with Crippen LogP contribution in [0.2, 0.25) is 0 Å². The van der Waals surface area contributed by atoms with E-state index in [1.165, 1.54) is 4.70 Å². The maximum atomic E-state index is 12.9. The van der Waals surface area contributed by atoms with Gasteiger partial charge in [0.15, 0.2) is 0 Å². The summed E-state index contributed by atoms with van der Waals surface area (Å²) in [7, 11) is 0. The van der Waals surface area contributed by atoms with Gasteiger partial charge in [0, 0.05) is 38.3 Å². The number of rotatable bonds is 6. The lowest BCUT2D eigenvalue weighted by Gasteiger charge is -2.34. The number of hydrogen-bond donors (Lipinski definition) is 0. The van der Waals surface area contributed by atoms with E-state index in [1.54, 1.807) is 11.3 Å². The molecule has 0 aliphatic carbocycles. The van der Waals surface area contributed by atoms with Crippen LogP contribution in [0.1, 0.15) is 28.2 Å². The molecule has 2 saturated heterocycles. The molecule has 5 rings (SSSR count). The summed E-state index contributed by atoms with van der Waals surface area (Å²) in [4.78, 5) is 22.0. The third kappa shape index (κ3) is 4.89. The van der Waals surface area contributed by atoms with Crippen LogP contribution in [-0.4, -0.2) is 66.2 Å². The van der Waals surface area contributed by atoms with Crippen LogP contribution in [0.3, 0.4) is 0 Å². The highest BCUT2D eigenvalue weighted by Crippen LogP contribution is 2.23. The standard InChI is InChI=1S/C24H27N3O3S/c28-24(18-7-9-19(10-8-18)30-17-20-4-3-15-29-20)27-13-11-26(12-14-27)16-23-25-21-5-1-2-6-22(21)31-23/h1-2,5-10,20H,3-4,11-17H2/t20-/m1/s1. The summed E-state index contributed by atoms with van der Waals surface area (Å²) in [6.07, 6.45) is 2.36. The Morgan fingerprint density at radius 2 is 1.90 bits per heavy atom. The zero-order valence-corrected chi connectivity index (χ0v) is 18.4. The zero-order valence-electron chi connectivity index (χ0n) is 17.5. The fraction of sp³-hybridized carbons (Fsp3) is 0.417. The molecule has 0 radical (unpaired) electrons. The minimum Gasteiger partial charge on any atom is -0.491 e. The van der Waals surface area contributed by atoms with Crippen LogP contribution in [-0.2, 0) is 11.3 Å². The molecule has 0 bridgehead atoms. The minimum absolute atomic E-state index is 0.0883. The number of carbonyl (C=O) groups excluding carboxylic acids is 1. The predicted molar refractivity (Wildman–Crippen MR) is 122 cm³/mol. The average Bonchev–Trinajstić information content (AvgIpc) is 3.47. The first-order chi connectivity index (χ1) is 15.2. The number of ether oxygens (including phenoxy) is 2. The first-order valence-corrected chi connectivity index (χ1v) is 11.8. The summed E-state index contributed by atoms with van der Waals surface area (Å²) < 4.78 is 12.6. The molecule has 1 aromatic heterocycles. The molecule has 7 heteroatoms. The number of carbonyl (C=O) groups is 1. The van der Waals surface area contributed by atoms with Crippen LogP contribution >= 0.6 is 11.3 Å². The number of para-hydroxylation sites is 1. The monoisotopic (exact) mass is 437 g/mol. The average molecular weight is 438 g/mol. The molecule has 2 aliphatic rings. The molecule has 2 aromatic carbocycles. The molecule has 0 saturated carbocycles. The second-order valence-corrected chi connectivity index (χ2v) is 9.23.